The van der Waals surface area contributed by atoms with Crippen LogP contribution in [0, 0.1) is 11.3 Å². The van der Waals surface area contributed by atoms with Crippen molar-refractivity contribution in [1.82, 2.24) is 0 Å². The van der Waals surface area contributed by atoms with Crippen molar-refractivity contribution in [2.24, 2.45) is 11.3 Å². The van der Waals surface area contributed by atoms with E-state index in [9.17, 15) is 5.11 Å². The lowest BCUT2D eigenvalue weighted by Crippen LogP contribution is -2.32. The lowest BCUT2D eigenvalue weighted by molar-refractivity contribution is 0.126. The maximum absolute atomic E-state index is 9.32. The van der Waals surface area contributed by atoms with Gasteiger partial charge in [0.15, 0.2) is 0 Å². The summed E-state index contributed by atoms with van der Waals surface area (Å²) in [7, 11) is 0. The molecule has 2 unspecified atom stereocenters. The van der Waals surface area contributed by atoms with Crippen molar-refractivity contribution < 1.29 is 5.11 Å². The third-order valence-corrected chi connectivity index (χ3v) is 3.27. The van der Waals surface area contributed by atoms with Crippen LogP contribution >= 0.6 is 12.6 Å². The predicted molar refractivity (Wildman–Crippen MR) is 55.4 cm³/mol. The highest BCUT2D eigenvalue weighted by Gasteiger charge is 2.31. The van der Waals surface area contributed by atoms with Crippen molar-refractivity contribution in [2.75, 3.05) is 12.4 Å². The van der Waals surface area contributed by atoms with E-state index in [0.29, 0.717) is 5.92 Å². The Bertz CT molecular complexity index is 198. The maximum Gasteiger partial charge on any atom is 0.0527 e. The molecule has 1 aliphatic carbocycles. The molecule has 1 rings (SSSR count). The van der Waals surface area contributed by atoms with Gasteiger partial charge in [0, 0.05) is 5.41 Å². The standard InChI is InChI=1S/C10H16OS/c1-9(7-12)10(8-11)5-3-2-4-6-10/h2-5,9,11-12H,6-8H2,1H3. The first-order valence-corrected chi connectivity index (χ1v) is 4.94. The van der Waals surface area contributed by atoms with Crippen LogP contribution in [-0.2, 0) is 0 Å². The van der Waals surface area contributed by atoms with Crippen LogP contribution in [0.4, 0.5) is 0 Å². The van der Waals surface area contributed by atoms with Crippen LogP contribution in [0.2, 0.25) is 0 Å². The fourth-order valence-electron chi connectivity index (χ4n) is 1.50. The van der Waals surface area contributed by atoms with Gasteiger partial charge in [0.2, 0.25) is 0 Å². The van der Waals surface area contributed by atoms with Gasteiger partial charge in [-0.05, 0) is 18.1 Å². The van der Waals surface area contributed by atoms with Gasteiger partial charge < -0.3 is 5.11 Å². The molecule has 0 saturated carbocycles. The number of aliphatic hydroxyl groups is 1. The van der Waals surface area contributed by atoms with Crippen molar-refractivity contribution in [3.05, 3.63) is 24.3 Å². The van der Waals surface area contributed by atoms with Gasteiger partial charge in [-0.2, -0.15) is 12.6 Å². The molecule has 2 heteroatoms. The highest BCUT2D eigenvalue weighted by atomic mass is 32.1. The van der Waals surface area contributed by atoms with Gasteiger partial charge in [0.1, 0.15) is 0 Å². The van der Waals surface area contributed by atoms with E-state index >= 15 is 0 Å². The molecule has 0 aliphatic heterocycles. The van der Waals surface area contributed by atoms with Crippen LogP contribution in [0.1, 0.15) is 13.3 Å². The summed E-state index contributed by atoms with van der Waals surface area (Å²) in [6.45, 7) is 2.35. The molecule has 12 heavy (non-hydrogen) atoms. The quantitative estimate of drug-likeness (QED) is 0.643. The summed E-state index contributed by atoms with van der Waals surface area (Å²) < 4.78 is 0. The van der Waals surface area contributed by atoms with Crippen LogP contribution in [-0.4, -0.2) is 17.5 Å². The summed E-state index contributed by atoms with van der Waals surface area (Å²) in [5, 5.41) is 9.32. The zero-order valence-corrected chi connectivity index (χ0v) is 8.30. The Kier molecular flexibility index (Phi) is 3.41. The lowest BCUT2D eigenvalue weighted by atomic mass is 9.73. The summed E-state index contributed by atoms with van der Waals surface area (Å²) in [5.74, 6) is 1.24. The molecule has 1 N–H and O–H groups in total. The van der Waals surface area contributed by atoms with Gasteiger partial charge in [-0.15, -0.1) is 0 Å². The zero-order chi connectivity index (χ0) is 9.03. The van der Waals surface area contributed by atoms with Gasteiger partial charge in [0.05, 0.1) is 6.61 Å². The molecule has 1 nitrogen and oxygen atoms in total. The first kappa shape index (κ1) is 9.87. The molecule has 1 aliphatic rings. The number of aliphatic hydroxyl groups excluding tert-OH is 1. The molecule has 0 aromatic rings. The van der Waals surface area contributed by atoms with E-state index in [-0.39, 0.29) is 12.0 Å². The molecule has 2 atom stereocenters. The van der Waals surface area contributed by atoms with E-state index in [2.05, 4.69) is 31.7 Å². The summed E-state index contributed by atoms with van der Waals surface area (Å²) in [6.07, 6.45) is 9.19. The Morgan fingerprint density at radius 2 is 2.33 bits per heavy atom. The first-order chi connectivity index (χ1) is 5.75. The number of hydrogen-bond donors (Lipinski definition) is 2. The molecule has 0 amide bonds. The van der Waals surface area contributed by atoms with Gasteiger partial charge in [-0.25, -0.2) is 0 Å². The van der Waals surface area contributed by atoms with Gasteiger partial charge >= 0.3 is 0 Å². The monoisotopic (exact) mass is 184 g/mol. The van der Waals surface area contributed by atoms with E-state index < -0.39 is 0 Å². The van der Waals surface area contributed by atoms with Crippen LogP contribution in [0.5, 0.6) is 0 Å². The van der Waals surface area contributed by atoms with Crippen LogP contribution < -0.4 is 0 Å². The minimum atomic E-state index is -0.0590. The molecular weight excluding hydrogens is 168 g/mol. The molecule has 68 valence electrons. The van der Waals surface area contributed by atoms with Crippen molar-refractivity contribution >= 4 is 12.6 Å². The predicted octanol–water partition coefficient (Wildman–Crippen LogP) is 2.05. The Morgan fingerprint density at radius 3 is 2.75 bits per heavy atom. The molecule has 0 saturated heterocycles. The van der Waals surface area contributed by atoms with Crippen molar-refractivity contribution in [2.45, 2.75) is 13.3 Å². The minimum absolute atomic E-state index is 0.0590. The second-order valence-electron chi connectivity index (χ2n) is 3.47. The van der Waals surface area contributed by atoms with Crippen molar-refractivity contribution in [3.63, 3.8) is 0 Å². The average Bonchev–Trinajstić information content (AvgIpc) is 2.17. The fraction of sp³-hybridized carbons (Fsp3) is 0.600. The Hall–Kier alpha value is -0.210. The first-order valence-electron chi connectivity index (χ1n) is 4.31. The minimum Gasteiger partial charge on any atom is -0.395 e. The van der Waals surface area contributed by atoms with Crippen molar-refractivity contribution in [3.8, 4) is 0 Å². The van der Waals surface area contributed by atoms with Gasteiger partial charge in [0.25, 0.3) is 0 Å². The molecule has 0 fully saturated rings. The normalized spacial score (nSPS) is 30.6. The van der Waals surface area contributed by atoms with E-state index in [1.807, 2.05) is 12.2 Å². The summed E-state index contributed by atoms with van der Waals surface area (Å²) >= 11 is 4.26. The fourth-order valence-corrected chi connectivity index (χ4v) is 1.87. The molecule has 0 aromatic heterocycles. The van der Waals surface area contributed by atoms with E-state index in [4.69, 9.17) is 0 Å². The number of rotatable bonds is 3. The third kappa shape index (κ3) is 1.75. The molecular formula is C10H16OS. The average molecular weight is 184 g/mol. The van der Waals surface area contributed by atoms with Crippen LogP contribution in [0.25, 0.3) is 0 Å². The second kappa shape index (κ2) is 4.15. The smallest absolute Gasteiger partial charge is 0.0527 e. The summed E-state index contributed by atoms with van der Waals surface area (Å²) in [6, 6.07) is 0. The Labute approximate surface area is 79.6 Å². The van der Waals surface area contributed by atoms with Crippen LogP contribution in [0.3, 0.4) is 0 Å². The summed E-state index contributed by atoms with van der Waals surface area (Å²) in [5.41, 5.74) is -0.0590. The molecule has 0 bridgehead atoms. The zero-order valence-electron chi connectivity index (χ0n) is 7.40. The van der Waals surface area contributed by atoms with Crippen LogP contribution in [0.15, 0.2) is 24.3 Å². The van der Waals surface area contributed by atoms with E-state index in [1.165, 1.54) is 0 Å². The Morgan fingerprint density at radius 1 is 1.58 bits per heavy atom. The molecule has 0 radical (unpaired) electrons. The van der Waals surface area contributed by atoms with Gasteiger partial charge in [-0.3, -0.25) is 0 Å². The van der Waals surface area contributed by atoms with E-state index in [1.54, 1.807) is 0 Å². The topological polar surface area (TPSA) is 20.2 Å². The second-order valence-corrected chi connectivity index (χ2v) is 3.83. The van der Waals surface area contributed by atoms with Crippen molar-refractivity contribution in [1.29, 1.82) is 0 Å². The number of thiol groups is 1. The number of allylic oxidation sites excluding steroid dienone is 3. The van der Waals surface area contributed by atoms with Gasteiger partial charge in [-0.1, -0.05) is 31.2 Å². The third-order valence-electron chi connectivity index (χ3n) is 2.72. The lowest BCUT2D eigenvalue weighted by Gasteiger charge is -2.34. The highest BCUT2D eigenvalue weighted by molar-refractivity contribution is 7.80. The summed E-state index contributed by atoms with van der Waals surface area (Å²) in [4.78, 5) is 0. The number of hydrogen-bond acceptors (Lipinski definition) is 2. The maximum atomic E-state index is 9.32. The molecule has 0 spiro atoms. The molecule has 0 heterocycles. The molecule has 0 aromatic carbocycles. The SMILES string of the molecule is CC(CS)C1(CO)C=CC=CC1. The van der Waals surface area contributed by atoms with E-state index in [0.717, 1.165) is 12.2 Å². The largest absolute Gasteiger partial charge is 0.395 e. The highest BCUT2D eigenvalue weighted by Crippen LogP contribution is 2.35. The Balaban J connectivity index is 2.76.